The van der Waals surface area contributed by atoms with Crippen molar-refractivity contribution >= 4 is 10.1 Å². The van der Waals surface area contributed by atoms with E-state index in [0.29, 0.717) is 5.56 Å². The average Bonchev–Trinajstić information content (AvgIpc) is 2.26. The van der Waals surface area contributed by atoms with Crippen LogP contribution in [-0.2, 0) is 19.7 Å². The molecule has 0 radical (unpaired) electrons. The first-order chi connectivity index (χ1) is 8.84. The van der Waals surface area contributed by atoms with Crippen molar-refractivity contribution in [3.63, 3.8) is 0 Å². The smallest absolute Gasteiger partial charge is 0.255 e. The Morgan fingerprint density at radius 1 is 1.05 bits per heavy atom. The minimum Gasteiger partial charge on any atom is -0.255 e. The van der Waals surface area contributed by atoms with Crippen LogP contribution in [0.1, 0.15) is 44.9 Å². The van der Waals surface area contributed by atoms with Gasteiger partial charge >= 0.3 is 15.6 Å². The Balaban J connectivity index is 2.92. The lowest BCUT2D eigenvalue weighted by Crippen LogP contribution is -2.26. The predicted molar refractivity (Wildman–Crippen MR) is 69.6 cm³/mol. The molecule has 0 heterocycles. The highest BCUT2D eigenvalue weighted by Crippen LogP contribution is 2.31. The van der Waals surface area contributed by atoms with Crippen LogP contribution in [0.4, 0.5) is 13.2 Å². The molecule has 0 saturated heterocycles. The molecule has 7 heteroatoms. The van der Waals surface area contributed by atoms with Gasteiger partial charge in [0.2, 0.25) is 0 Å². The van der Waals surface area contributed by atoms with Gasteiger partial charge in [-0.05, 0) is 23.5 Å². The lowest BCUT2D eigenvalue weighted by atomic mass is 9.86. The molecular weight excluding hydrogens is 293 g/mol. The minimum atomic E-state index is -5.58. The Bertz CT molecular complexity index is 554. The van der Waals surface area contributed by atoms with Crippen molar-refractivity contribution < 1.29 is 25.8 Å². The maximum atomic E-state index is 12.2. The third-order valence-electron chi connectivity index (χ3n) is 2.80. The van der Waals surface area contributed by atoms with Gasteiger partial charge < -0.3 is 0 Å². The second-order valence-electron chi connectivity index (χ2n) is 5.51. The highest BCUT2D eigenvalue weighted by Gasteiger charge is 2.48. The van der Waals surface area contributed by atoms with E-state index in [4.69, 9.17) is 0 Å². The van der Waals surface area contributed by atoms with E-state index in [1.54, 1.807) is 24.3 Å². The molecule has 20 heavy (non-hydrogen) atoms. The molecule has 0 N–H and O–H groups in total. The Morgan fingerprint density at radius 2 is 1.50 bits per heavy atom. The fourth-order valence-corrected chi connectivity index (χ4v) is 2.15. The molecular formula is C13H17F3O3S. The number of benzene rings is 1. The summed E-state index contributed by atoms with van der Waals surface area (Å²) in [4.78, 5) is 0. The zero-order valence-electron chi connectivity index (χ0n) is 11.7. The molecule has 1 aromatic carbocycles. The van der Waals surface area contributed by atoms with Crippen molar-refractivity contribution in [2.45, 2.75) is 44.7 Å². The molecule has 114 valence electrons. The van der Waals surface area contributed by atoms with Gasteiger partial charge in [0, 0.05) is 0 Å². The first-order valence-electron chi connectivity index (χ1n) is 5.94. The van der Waals surface area contributed by atoms with Crippen LogP contribution in [0.25, 0.3) is 0 Å². The van der Waals surface area contributed by atoms with Gasteiger partial charge in [-0.3, -0.25) is 4.18 Å². The van der Waals surface area contributed by atoms with Crippen molar-refractivity contribution in [1.29, 1.82) is 0 Å². The van der Waals surface area contributed by atoms with Crippen LogP contribution in [0, 0.1) is 0 Å². The molecule has 0 aliphatic carbocycles. The maximum Gasteiger partial charge on any atom is 0.523 e. The van der Waals surface area contributed by atoms with Gasteiger partial charge in [0.1, 0.15) is 0 Å². The van der Waals surface area contributed by atoms with E-state index in [-0.39, 0.29) is 5.41 Å². The number of hydrogen-bond acceptors (Lipinski definition) is 3. The van der Waals surface area contributed by atoms with Crippen molar-refractivity contribution in [3.8, 4) is 0 Å². The molecule has 1 atom stereocenters. The highest BCUT2D eigenvalue weighted by atomic mass is 32.2. The van der Waals surface area contributed by atoms with Gasteiger partial charge in [0.15, 0.2) is 0 Å². The van der Waals surface area contributed by atoms with E-state index in [9.17, 15) is 21.6 Å². The topological polar surface area (TPSA) is 43.4 Å². The van der Waals surface area contributed by atoms with Gasteiger partial charge in [-0.2, -0.15) is 21.6 Å². The van der Waals surface area contributed by atoms with Gasteiger partial charge in [-0.1, -0.05) is 45.0 Å². The van der Waals surface area contributed by atoms with Crippen LogP contribution >= 0.6 is 0 Å². The first-order valence-corrected chi connectivity index (χ1v) is 7.35. The van der Waals surface area contributed by atoms with Crippen LogP contribution < -0.4 is 0 Å². The summed E-state index contributed by atoms with van der Waals surface area (Å²) in [6.45, 7) is 7.25. The van der Waals surface area contributed by atoms with Crippen molar-refractivity contribution in [2.24, 2.45) is 0 Å². The second-order valence-corrected chi connectivity index (χ2v) is 7.07. The van der Waals surface area contributed by atoms with Crippen molar-refractivity contribution in [1.82, 2.24) is 0 Å². The standard InChI is InChI=1S/C13H17F3O3S/c1-9(19-20(17,18)13(14,15)16)10-5-7-11(8-6-10)12(2,3)4/h5-9H,1-4H3. The largest absolute Gasteiger partial charge is 0.523 e. The number of hydrogen-bond donors (Lipinski definition) is 0. The summed E-state index contributed by atoms with van der Waals surface area (Å²) in [5.41, 5.74) is -4.15. The lowest BCUT2D eigenvalue weighted by molar-refractivity contribution is -0.0569. The Morgan fingerprint density at radius 3 is 1.85 bits per heavy atom. The second kappa shape index (κ2) is 5.37. The van der Waals surface area contributed by atoms with Gasteiger partial charge in [0.05, 0.1) is 6.10 Å². The molecule has 0 saturated carbocycles. The molecule has 1 unspecified atom stereocenters. The molecule has 0 spiro atoms. The maximum absolute atomic E-state index is 12.2. The minimum absolute atomic E-state index is 0.0966. The summed E-state index contributed by atoms with van der Waals surface area (Å²) < 4.78 is 62.6. The van der Waals surface area contributed by atoms with E-state index >= 15 is 0 Å². The van der Waals surface area contributed by atoms with Crippen LogP contribution in [0.15, 0.2) is 24.3 Å². The number of alkyl halides is 3. The molecule has 1 aromatic rings. The monoisotopic (exact) mass is 310 g/mol. The van der Waals surface area contributed by atoms with Crippen LogP contribution in [0.2, 0.25) is 0 Å². The normalized spacial score (nSPS) is 15.2. The quantitative estimate of drug-likeness (QED) is 0.628. The van der Waals surface area contributed by atoms with E-state index in [0.717, 1.165) is 5.56 Å². The zero-order chi connectivity index (χ0) is 15.8. The summed E-state index contributed by atoms with van der Waals surface area (Å²) in [5.74, 6) is 0. The van der Waals surface area contributed by atoms with Gasteiger partial charge in [-0.25, -0.2) is 0 Å². The van der Waals surface area contributed by atoms with E-state index in [2.05, 4.69) is 4.18 Å². The van der Waals surface area contributed by atoms with E-state index in [1.165, 1.54) is 6.92 Å². The highest BCUT2D eigenvalue weighted by molar-refractivity contribution is 7.87. The first kappa shape index (κ1) is 17.0. The third-order valence-corrected chi connectivity index (χ3v) is 3.91. The van der Waals surface area contributed by atoms with Crippen LogP contribution in [0.5, 0.6) is 0 Å². The van der Waals surface area contributed by atoms with E-state index in [1.807, 2.05) is 20.8 Å². The van der Waals surface area contributed by atoms with E-state index < -0.39 is 21.7 Å². The average molecular weight is 310 g/mol. The Kier molecular flexibility index (Phi) is 4.55. The molecule has 0 amide bonds. The molecule has 0 fully saturated rings. The van der Waals surface area contributed by atoms with Crippen LogP contribution in [-0.4, -0.2) is 13.9 Å². The fourth-order valence-electron chi connectivity index (χ4n) is 1.55. The number of halogens is 3. The molecule has 0 aliphatic rings. The zero-order valence-corrected chi connectivity index (χ0v) is 12.5. The molecule has 0 aromatic heterocycles. The SMILES string of the molecule is CC(OS(=O)(=O)C(F)(F)F)c1ccc(C(C)(C)C)cc1. The molecule has 0 aliphatic heterocycles. The summed E-state index contributed by atoms with van der Waals surface area (Å²) in [6, 6.07) is 6.62. The predicted octanol–water partition coefficient (Wildman–Crippen LogP) is 3.91. The molecule has 3 nitrogen and oxygen atoms in total. The Hall–Kier alpha value is -1.08. The van der Waals surface area contributed by atoms with Crippen molar-refractivity contribution in [2.75, 3.05) is 0 Å². The summed E-state index contributed by atoms with van der Waals surface area (Å²) in [5, 5.41) is 0. The lowest BCUT2D eigenvalue weighted by Gasteiger charge is -2.20. The third kappa shape index (κ3) is 3.96. The van der Waals surface area contributed by atoms with Gasteiger partial charge in [0.25, 0.3) is 0 Å². The fraction of sp³-hybridized carbons (Fsp3) is 0.538. The molecule has 0 bridgehead atoms. The van der Waals surface area contributed by atoms with Crippen LogP contribution in [0.3, 0.4) is 0 Å². The number of rotatable bonds is 3. The van der Waals surface area contributed by atoms with Crippen molar-refractivity contribution in [3.05, 3.63) is 35.4 Å². The molecule has 1 rings (SSSR count). The summed E-state index contributed by atoms with van der Waals surface area (Å²) >= 11 is 0. The summed E-state index contributed by atoms with van der Waals surface area (Å²) in [7, 11) is -5.58. The summed E-state index contributed by atoms with van der Waals surface area (Å²) in [6.07, 6.45) is -1.20. The van der Waals surface area contributed by atoms with Gasteiger partial charge in [-0.15, -0.1) is 0 Å². The Labute approximate surface area is 116 Å².